The maximum atomic E-state index is 12.0. The normalized spacial score (nSPS) is 11.9. The number of para-hydroxylation sites is 1. The number of halogens is 1. The summed E-state index contributed by atoms with van der Waals surface area (Å²) in [6.07, 6.45) is 1.69. The lowest BCUT2D eigenvalue weighted by Crippen LogP contribution is -2.26. The molecule has 1 aromatic rings. The van der Waals surface area contributed by atoms with Crippen molar-refractivity contribution in [3.8, 4) is 5.75 Å². The molecule has 3 nitrogen and oxygen atoms in total. The van der Waals surface area contributed by atoms with Gasteiger partial charge < -0.3 is 10.1 Å². The SMILES string of the molecule is CCOc1ccccc1C(=O)NCCC(Cl)CC. The topological polar surface area (TPSA) is 38.3 Å². The average Bonchev–Trinajstić information content (AvgIpc) is 2.39. The van der Waals surface area contributed by atoms with Gasteiger partial charge in [0, 0.05) is 11.9 Å². The van der Waals surface area contributed by atoms with Crippen LogP contribution in [0.1, 0.15) is 37.0 Å². The van der Waals surface area contributed by atoms with Crippen LogP contribution >= 0.6 is 11.6 Å². The number of amides is 1. The van der Waals surface area contributed by atoms with Crippen LogP contribution in [0, 0.1) is 0 Å². The number of hydrogen-bond donors (Lipinski definition) is 1. The first-order valence-corrected chi connectivity index (χ1v) is 6.76. The molecular formula is C14H20ClNO2. The molecule has 0 fully saturated rings. The molecular weight excluding hydrogens is 250 g/mol. The Labute approximate surface area is 113 Å². The molecule has 0 aliphatic heterocycles. The number of ether oxygens (including phenoxy) is 1. The van der Waals surface area contributed by atoms with E-state index in [9.17, 15) is 4.79 Å². The number of alkyl halides is 1. The molecule has 1 aromatic carbocycles. The third-order valence-corrected chi connectivity index (χ3v) is 3.14. The molecule has 18 heavy (non-hydrogen) atoms. The second-order valence-corrected chi connectivity index (χ2v) is 4.60. The Bertz CT molecular complexity index is 382. The van der Waals surface area contributed by atoms with Crippen molar-refractivity contribution in [3.05, 3.63) is 29.8 Å². The first-order valence-electron chi connectivity index (χ1n) is 6.33. The maximum absolute atomic E-state index is 12.0. The van der Waals surface area contributed by atoms with Crippen molar-refractivity contribution in [2.75, 3.05) is 13.2 Å². The van der Waals surface area contributed by atoms with Crippen LogP contribution in [-0.2, 0) is 0 Å². The van der Waals surface area contributed by atoms with Crippen molar-refractivity contribution in [1.29, 1.82) is 0 Å². The summed E-state index contributed by atoms with van der Waals surface area (Å²) in [5, 5.41) is 2.98. The highest BCUT2D eigenvalue weighted by molar-refractivity contribution is 6.20. The summed E-state index contributed by atoms with van der Waals surface area (Å²) in [6.45, 7) is 5.06. The molecule has 1 rings (SSSR count). The van der Waals surface area contributed by atoms with E-state index in [1.54, 1.807) is 12.1 Å². The molecule has 4 heteroatoms. The van der Waals surface area contributed by atoms with Crippen LogP contribution < -0.4 is 10.1 Å². The van der Waals surface area contributed by atoms with Crippen molar-refractivity contribution in [2.24, 2.45) is 0 Å². The van der Waals surface area contributed by atoms with Gasteiger partial charge in [-0.25, -0.2) is 0 Å². The van der Waals surface area contributed by atoms with E-state index in [1.165, 1.54) is 0 Å². The Morgan fingerprint density at radius 3 is 2.78 bits per heavy atom. The lowest BCUT2D eigenvalue weighted by molar-refractivity contribution is 0.0949. The minimum Gasteiger partial charge on any atom is -0.493 e. The zero-order chi connectivity index (χ0) is 13.4. The Morgan fingerprint density at radius 1 is 1.39 bits per heavy atom. The minimum atomic E-state index is -0.112. The molecule has 0 saturated heterocycles. The van der Waals surface area contributed by atoms with Crippen LogP contribution in [0.15, 0.2) is 24.3 Å². The molecule has 1 N–H and O–H groups in total. The Balaban J connectivity index is 2.55. The first kappa shape index (κ1) is 14.8. The van der Waals surface area contributed by atoms with Gasteiger partial charge in [-0.15, -0.1) is 11.6 Å². The van der Waals surface area contributed by atoms with E-state index < -0.39 is 0 Å². The van der Waals surface area contributed by atoms with Gasteiger partial charge in [-0.3, -0.25) is 4.79 Å². The van der Waals surface area contributed by atoms with E-state index in [0.717, 1.165) is 12.8 Å². The third-order valence-electron chi connectivity index (χ3n) is 2.62. The lowest BCUT2D eigenvalue weighted by Gasteiger charge is -2.11. The van der Waals surface area contributed by atoms with Gasteiger partial charge in [-0.1, -0.05) is 19.1 Å². The molecule has 0 heterocycles. The van der Waals surface area contributed by atoms with Crippen molar-refractivity contribution in [2.45, 2.75) is 32.1 Å². The lowest BCUT2D eigenvalue weighted by atomic mass is 10.2. The van der Waals surface area contributed by atoms with Crippen LogP contribution in [0.3, 0.4) is 0 Å². The van der Waals surface area contributed by atoms with Crippen molar-refractivity contribution in [3.63, 3.8) is 0 Å². The molecule has 0 aliphatic rings. The van der Waals surface area contributed by atoms with Gasteiger partial charge >= 0.3 is 0 Å². The third kappa shape index (κ3) is 4.57. The fourth-order valence-corrected chi connectivity index (χ4v) is 1.69. The molecule has 0 spiro atoms. The average molecular weight is 270 g/mol. The van der Waals surface area contributed by atoms with Gasteiger partial charge in [0.1, 0.15) is 5.75 Å². The molecule has 0 aromatic heterocycles. The van der Waals surface area contributed by atoms with Crippen molar-refractivity contribution < 1.29 is 9.53 Å². The van der Waals surface area contributed by atoms with Gasteiger partial charge in [0.2, 0.25) is 0 Å². The summed E-state index contributed by atoms with van der Waals surface area (Å²) < 4.78 is 5.42. The molecule has 1 amide bonds. The fraction of sp³-hybridized carbons (Fsp3) is 0.500. The van der Waals surface area contributed by atoms with Crippen LogP contribution in [0.4, 0.5) is 0 Å². The van der Waals surface area contributed by atoms with Gasteiger partial charge in [-0.05, 0) is 31.9 Å². The quantitative estimate of drug-likeness (QED) is 0.772. The molecule has 0 radical (unpaired) electrons. The molecule has 1 unspecified atom stereocenters. The predicted molar refractivity (Wildman–Crippen MR) is 74.5 cm³/mol. The van der Waals surface area contributed by atoms with Gasteiger partial charge in [-0.2, -0.15) is 0 Å². The molecule has 0 saturated carbocycles. The molecule has 100 valence electrons. The monoisotopic (exact) mass is 269 g/mol. The van der Waals surface area contributed by atoms with Crippen LogP contribution in [0.5, 0.6) is 5.75 Å². The maximum Gasteiger partial charge on any atom is 0.255 e. The number of hydrogen-bond acceptors (Lipinski definition) is 2. The number of carbonyl (C=O) groups is 1. The zero-order valence-electron chi connectivity index (χ0n) is 10.9. The summed E-state index contributed by atoms with van der Waals surface area (Å²) >= 11 is 6.00. The Hall–Kier alpha value is -1.22. The van der Waals surface area contributed by atoms with Crippen molar-refractivity contribution >= 4 is 17.5 Å². The van der Waals surface area contributed by atoms with E-state index in [0.29, 0.717) is 24.5 Å². The summed E-state index contributed by atoms with van der Waals surface area (Å²) in [6, 6.07) is 7.24. The van der Waals surface area contributed by atoms with Gasteiger partial charge in [0.25, 0.3) is 5.91 Å². The van der Waals surface area contributed by atoms with E-state index in [2.05, 4.69) is 5.32 Å². The van der Waals surface area contributed by atoms with Gasteiger partial charge in [0.05, 0.1) is 12.2 Å². The second kappa shape index (κ2) is 7.98. The van der Waals surface area contributed by atoms with E-state index in [1.807, 2.05) is 26.0 Å². The number of rotatable bonds is 7. The van der Waals surface area contributed by atoms with Crippen molar-refractivity contribution in [1.82, 2.24) is 5.32 Å². The highest BCUT2D eigenvalue weighted by atomic mass is 35.5. The fourth-order valence-electron chi connectivity index (χ4n) is 1.58. The number of benzene rings is 1. The zero-order valence-corrected chi connectivity index (χ0v) is 11.7. The summed E-state index contributed by atoms with van der Waals surface area (Å²) in [4.78, 5) is 12.0. The van der Waals surface area contributed by atoms with Crippen LogP contribution in [0.25, 0.3) is 0 Å². The molecule has 1 atom stereocenters. The summed E-state index contributed by atoms with van der Waals surface area (Å²) in [5.74, 6) is 0.509. The van der Waals surface area contributed by atoms with Crippen LogP contribution in [-0.4, -0.2) is 24.4 Å². The first-order chi connectivity index (χ1) is 8.69. The standard InChI is InChI=1S/C14H20ClNO2/c1-3-11(15)9-10-16-14(17)12-7-5-6-8-13(12)18-4-2/h5-8,11H,3-4,9-10H2,1-2H3,(H,16,17). The second-order valence-electron chi connectivity index (χ2n) is 3.98. The smallest absolute Gasteiger partial charge is 0.255 e. The van der Waals surface area contributed by atoms with E-state index in [-0.39, 0.29) is 11.3 Å². The highest BCUT2D eigenvalue weighted by Crippen LogP contribution is 2.17. The van der Waals surface area contributed by atoms with E-state index >= 15 is 0 Å². The Kier molecular flexibility index (Phi) is 6.58. The molecule has 0 bridgehead atoms. The highest BCUT2D eigenvalue weighted by Gasteiger charge is 2.11. The van der Waals surface area contributed by atoms with Gasteiger partial charge in [0.15, 0.2) is 0 Å². The summed E-state index contributed by atoms with van der Waals surface area (Å²) in [5.41, 5.74) is 0.571. The minimum absolute atomic E-state index is 0.112. The predicted octanol–water partition coefficient (Wildman–Crippen LogP) is 3.22. The van der Waals surface area contributed by atoms with Crippen LogP contribution in [0.2, 0.25) is 0 Å². The number of nitrogens with one attached hydrogen (secondary N) is 1. The number of carbonyl (C=O) groups excluding carboxylic acids is 1. The summed E-state index contributed by atoms with van der Waals surface area (Å²) in [7, 11) is 0. The largest absolute Gasteiger partial charge is 0.493 e. The Morgan fingerprint density at radius 2 is 2.11 bits per heavy atom. The molecule has 0 aliphatic carbocycles. The van der Waals surface area contributed by atoms with E-state index in [4.69, 9.17) is 16.3 Å².